The molecular weight excluding hydrogens is 362 g/mol. The molecule has 0 saturated carbocycles. The lowest BCUT2D eigenvalue weighted by molar-refractivity contribution is -0.384. The Bertz CT molecular complexity index is 874. The molecular formula is C20H21N3O5. The number of carbonyl (C=O) groups is 2. The molecule has 1 heterocycles. The lowest BCUT2D eigenvalue weighted by atomic mass is 10.1. The van der Waals surface area contributed by atoms with E-state index < -0.39 is 4.92 Å². The highest BCUT2D eigenvalue weighted by atomic mass is 16.6. The summed E-state index contributed by atoms with van der Waals surface area (Å²) in [6.07, 6.45) is 0. The van der Waals surface area contributed by atoms with Crippen LogP contribution in [-0.4, -0.2) is 54.3 Å². The quantitative estimate of drug-likeness (QED) is 0.432. The topological polar surface area (TPSA) is 93.0 Å². The average molecular weight is 383 g/mol. The van der Waals surface area contributed by atoms with Crippen LogP contribution in [0.25, 0.3) is 0 Å². The zero-order chi connectivity index (χ0) is 20.1. The summed E-state index contributed by atoms with van der Waals surface area (Å²) in [6.45, 7) is 3.37. The number of anilines is 1. The van der Waals surface area contributed by atoms with Crippen LogP contribution in [-0.2, 0) is 4.79 Å². The van der Waals surface area contributed by atoms with Gasteiger partial charge in [0.15, 0.2) is 12.4 Å². The summed E-state index contributed by atoms with van der Waals surface area (Å²) < 4.78 is 5.51. The van der Waals surface area contributed by atoms with Gasteiger partial charge in [-0.15, -0.1) is 0 Å². The Morgan fingerprint density at radius 3 is 2.29 bits per heavy atom. The fraction of sp³-hybridized carbons (Fsp3) is 0.300. The molecule has 1 fully saturated rings. The smallest absolute Gasteiger partial charge is 0.292 e. The number of rotatable bonds is 6. The number of hydrogen-bond donors (Lipinski definition) is 0. The van der Waals surface area contributed by atoms with Crippen LogP contribution in [0.5, 0.6) is 5.75 Å². The molecule has 1 saturated heterocycles. The number of carbonyl (C=O) groups excluding carboxylic acids is 2. The van der Waals surface area contributed by atoms with Crippen molar-refractivity contribution in [3.05, 3.63) is 64.2 Å². The van der Waals surface area contributed by atoms with Gasteiger partial charge >= 0.3 is 0 Å². The van der Waals surface area contributed by atoms with Gasteiger partial charge in [-0.2, -0.15) is 0 Å². The number of nitrogens with zero attached hydrogens (tertiary/aromatic N) is 3. The Morgan fingerprint density at radius 2 is 1.68 bits per heavy atom. The lowest BCUT2D eigenvalue weighted by Gasteiger charge is -2.35. The van der Waals surface area contributed by atoms with Gasteiger partial charge < -0.3 is 14.5 Å². The predicted octanol–water partition coefficient (Wildman–Crippen LogP) is 2.53. The van der Waals surface area contributed by atoms with E-state index in [0.717, 1.165) is 0 Å². The van der Waals surface area contributed by atoms with Gasteiger partial charge in [0.1, 0.15) is 11.4 Å². The van der Waals surface area contributed by atoms with Gasteiger partial charge in [-0.3, -0.25) is 19.7 Å². The average Bonchev–Trinajstić information content (AvgIpc) is 2.72. The first-order chi connectivity index (χ1) is 13.5. The summed E-state index contributed by atoms with van der Waals surface area (Å²) in [5.41, 5.74) is 1.23. The Hall–Kier alpha value is -3.42. The van der Waals surface area contributed by atoms with Crippen molar-refractivity contribution >= 4 is 23.1 Å². The fourth-order valence-corrected chi connectivity index (χ4v) is 3.10. The maximum atomic E-state index is 12.4. The third-order valence-corrected chi connectivity index (χ3v) is 4.67. The first-order valence-electron chi connectivity index (χ1n) is 8.95. The normalized spacial score (nSPS) is 13.9. The van der Waals surface area contributed by atoms with Crippen molar-refractivity contribution in [2.45, 2.75) is 6.92 Å². The Morgan fingerprint density at radius 1 is 1.04 bits per heavy atom. The van der Waals surface area contributed by atoms with E-state index in [2.05, 4.69) is 0 Å². The van der Waals surface area contributed by atoms with Crippen LogP contribution in [0.4, 0.5) is 11.4 Å². The minimum absolute atomic E-state index is 0.0286. The number of amides is 1. The van der Waals surface area contributed by atoms with Gasteiger partial charge in [0.2, 0.25) is 0 Å². The number of nitro benzene ring substituents is 1. The van der Waals surface area contributed by atoms with Crippen molar-refractivity contribution in [3.63, 3.8) is 0 Å². The van der Waals surface area contributed by atoms with Gasteiger partial charge in [-0.25, -0.2) is 0 Å². The second-order valence-corrected chi connectivity index (χ2v) is 6.48. The number of ketones is 1. The highest BCUT2D eigenvalue weighted by molar-refractivity contribution is 5.94. The van der Waals surface area contributed by atoms with E-state index >= 15 is 0 Å². The monoisotopic (exact) mass is 383 g/mol. The van der Waals surface area contributed by atoms with E-state index in [1.807, 2.05) is 4.90 Å². The molecule has 1 aliphatic heterocycles. The standard InChI is InChI=1S/C20H21N3O5/c1-15(24)16-6-8-17(9-7-16)28-14-20(25)22-12-10-21(11-13-22)18-4-2-3-5-19(18)23(26)27/h2-9H,10-14H2,1H3. The zero-order valence-electron chi connectivity index (χ0n) is 15.5. The minimum atomic E-state index is -0.391. The van der Waals surface area contributed by atoms with Crippen molar-refractivity contribution in [3.8, 4) is 5.75 Å². The molecule has 1 aliphatic rings. The maximum absolute atomic E-state index is 12.4. The molecule has 3 rings (SSSR count). The largest absolute Gasteiger partial charge is 0.484 e. The van der Waals surface area contributed by atoms with Crippen LogP contribution in [0.3, 0.4) is 0 Å². The maximum Gasteiger partial charge on any atom is 0.292 e. The number of ether oxygens (including phenoxy) is 1. The van der Waals surface area contributed by atoms with Crippen molar-refractivity contribution in [2.75, 3.05) is 37.7 Å². The van der Waals surface area contributed by atoms with E-state index in [4.69, 9.17) is 4.74 Å². The number of hydrogen-bond acceptors (Lipinski definition) is 6. The zero-order valence-corrected chi connectivity index (χ0v) is 15.5. The Labute approximate surface area is 162 Å². The van der Waals surface area contributed by atoms with Crippen LogP contribution < -0.4 is 9.64 Å². The summed E-state index contributed by atoms with van der Waals surface area (Å²) in [6, 6.07) is 13.3. The van der Waals surface area contributed by atoms with E-state index in [1.165, 1.54) is 13.0 Å². The molecule has 2 aromatic carbocycles. The summed E-state index contributed by atoms with van der Waals surface area (Å²) in [4.78, 5) is 38.1. The summed E-state index contributed by atoms with van der Waals surface area (Å²) in [7, 11) is 0. The van der Waals surface area contributed by atoms with E-state index in [1.54, 1.807) is 47.4 Å². The van der Waals surface area contributed by atoms with E-state index in [-0.39, 0.29) is 24.0 Å². The van der Waals surface area contributed by atoms with Gasteiger partial charge in [0.25, 0.3) is 11.6 Å². The second kappa shape index (κ2) is 8.51. The van der Waals surface area contributed by atoms with Crippen LogP contribution in [0.1, 0.15) is 17.3 Å². The Balaban J connectivity index is 1.53. The summed E-state index contributed by atoms with van der Waals surface area (Å²) in [5.74, 6) is 0.355. The third kappa shape index (κ3) is 4.46. The first kappa shape index (κ1) is 19.3. The molecule has 8 nitrogen and oxygen atoms in total. The van der Waals surface area contributed by atoms with Crippen LogP contribution >= 0.6 is 0 Å². The van der Waals surface area contributed by atoms with Crippen molar-refractivity contribution in [1.29, 1.82) is 0 Å². The van der Waals surface area contributed by atoms with Gasteiger partial charge in [0.05, 0.1) is 4.92 Å². The van der Waals surface area contributed by atoms with Crippen LogP contribution in [0.15, 0.2) is 48.5 Å². The fourth-order valence-electron chi connectivity index (χ4n) is 3.10. The molecule has 0 unspecified atom stereocenters. The lowest BCUT2D eigenvalue weighted by Crippen LogP contribution is -2.50. The third-order valence-electron chi connectivity index (χ3n) is 4.67. The Kier molecular flexibility index (Phi) is 5.88. The minimum Gasteiger partial charge on any atom is -0.484 e. The highest BCUT2D eigenvalue weighted by Gasteiger charge is 2.25. The number of para-hydroxylation sites is 2. The molecule has 0 radical (unpaired) electrons. The van der Waals surface area contributed by atoms with Crippen LogP contribution in [0.2, 0.25) is 0 Å². The molecule has 146 valence electrons. The van der Waals surface area contributed by atoms with Crippen LogP contribution in [0, 0.1) is 10.1 Å². The summed E-state index contributed by atoms with van der Waals surface area (Å²) in [5, 5.41) is 11.2. The molecule has 1 amide bonds. The number of piperazine rings is 1. The van der Waals surface area contributed by atoms with Gasteiger partial charge in [-0.05, 0) is 37.3 Å². The molecule has 28 heavy (non-hydrogen) atoms. The molecule has 2 aromatic rings. The van der Waals surface area contributed by atoms with E-state index in [0.29, 0.717) is 43.2 Å². The molecule has 0 aromatic heterocycles. The molecule has 0 atom stereocenters. The molecule has 0 N–H and O–H groups in total. The molecule has 0 spiro atoms. The number of nitro groups is 1. The van der Waals surface area contributed by atoms with Gasteiger partial charge in [-0.1, -0.05) is 12.1 Å². The van der Waals surface area contributed by atoms with E-state index in [9.17, 15) is 19.7 Å². The number of benzene rings is 2. The molecule has 0 bridgehead atoms. The molecule has 8 heteroatoms. The highest BCUT2D eigenvalue weighted by Crippen LogP contribution is 2.28. The van der Waals surface area contributed by atoms with Gasteiger partial charge in [0, 0.05) is 37.8 Å². The SMILES string of the molecule is CC(=O)c1ccc(OCC(=O)N2CCN(c3ccccc3[N+](=O)[O-])CC2)cc1. The number of Topliss-reactive ketones (excluding diaryl/α,β-unsaturated/α-hetero) is 1. The predicted molar refractivity (Wildman–Crippen MR) is 104 cm³/mol. The second-order valence-electron chi connectivity index (χ2n) is 6.48. The van der Waals surface area contributed by atoms with Crippen molar-refractivity contribution in [1.82, 2.24) is 4.90 Å². The van der Waals surface area contributed by atoms with Crippen molar-refractivity contribution in [2.24, 2.45) is 0 Å². The first-order valence-corrected chi connectivity index (χ1v) is 8.95. The van der Waals surface area contributed by atoms with Crippen molar-refractivity contribution < 1.29 is 19.2 Å². The molecule has 0 aliphatic carbocycles. The summed E-state index contributed by atoms with van der Waals surface area (Å²) >= 11 is 0.